The van der Waals surface area contributed by atoms with Crippen molar-refractivity contribution in [2.24, 2.45) is 0 Å². The van der Waals surface area contributed by atoms with Crippen LogP contribution in [-0.2, 0) is 10.1 Å². The molecule has 0 aliphatic rings. The van der Waals surface area contributed by atoms with E-state index in [1.54, 1.807) is 18.2 Å². The van der Waals surface area contributed by atoms with Crippen LogP contribution in [0.25, 0.3) is 0 Å². The Labute approximate surface area is 133 Å². The van der Waals surface area contributed by atoms with Crippen LogP contribution in [0.15, 0.2) is 41.3 Å². The van der Waals surface area contributed by atoms with Crippen molar-refractivity contribution >= 4 is 33.3 Å². The molecule has 0 bridgehead atoms. The smallest absolute Gasteiger partial charge is 0.343 e. The summed E-state index contributed by atoms with van der Waals surface area (Å²) in [6.07, 6.45) is 0. The highest BCUT2D eigenvalue weighted by Crippen LogP contribution is 2.36. The highest BCUT2D eigenvalue weighted by molar-refractivity contribution is 7.87. The number of benzene rings is 2. The van der Waals surface area contributed by atoms with Crippen LogP contribution >= 0.6 is 23.2 Å². The van der Waals surface area contributed by atoms with E-state index in [1.165, 1.54) is 25.3 Å². The first kappa shape index (κ1) is 15.9. The van der Waals surface area contributed by atoms with Gasteiger partial charge in [0.1, 0.15) is 10.6 Å². The molecule has 0 aliphatic heterocycles. The molecule has 0 fully saturated rings. The van der Waals surface area contributed by atoms with Gasteiger partial charge in [0.15, 0.2) is 5.75 Å². The Morgan fingerprint density at radius 2 is 1.67 bits per heavy atom. The Balaban J connectivity index is 2.49. The van der Waals surface area contributed by atoms with Crippen LogP contribution in [0.4, 0.5) is 0 Å². The minimum Gasteiger partial charge on any atom is -0.495 e. The Hall–Kier alpha value is -1.43. The molecule has 7 heteroatoms. The number of rotatable bonds is 4. The normalized spacial score (nSPS) is 11.2. The number of halogens is 2. The molecule has 0 atom stereocenters. The SMILES string of the molecule is COc1cc(C)ccc1S(=O)(=O)Oc1c(Cl)cccc1Cl. The number of aryl methyl sites for hydroxylation is 1. The minimum atomic E-state index is -4.11. The van der Waals surface area contributed by atoms with Gasteiger partial charge in [0.25, 0.3) is 0 Å². The van der Waals surface area contributed by atoms with E-state index < -0.39 is 10.1 Å². The largest absolute Gasteiger partial charge is 0.495 e. The third kappa shape index (κ3) is 3.43. The predicted octanol–water partition coefficient (Wildman–Crippen LogP) is 4.08. The lowest BCUT2D eigenvalue weighted by Gasteiger charge is -2.12. The van der Waals surface area contributed by atoms with E-state index in [9.17, 15) is 8.42 Å². The monoisotopic (exact) mass is 346 g/mol. The van der Waals surface area contributed by atoms with Crippen molar-refractivity contribution in [1.82, 2.24) is 0 Å². The molecule has 21 heavy (non-hydrogen) atoms. The van der Waals surface area contributed by atoms with Gasteiger partial charge in [0.2, 0.25) is 0 Å². The molecule has 0 N–H and O–H groups in total. The maximum absolute atomic E-state index is 12.4. The quantitative estimate of drug-likeness (QED) is 0.782. The summed E-state index contributed by atoms with van der Waals surface area (Å²) in [5.41, 5.74) is 0.863. The first-order valence-corrected chi connectivity index (χ1v) is 8.04. The van der Waals surface area contributed by atoms with Crippen LogP contribution in [-0.4, -0.2) is 15.5 Å². The van der Waals surface area contributed by atoms with Crippen molar-refractivity contribution in [3.63, 3.8) is 0 Å². The van der Waals surface area contributed by atoms with Crippen molar-refractivity contribution in [3.05, 3.63) is 52.0 Å². The van der Waals surface area contributed by atoms with Gasteiger partial charge in [-0.25, -0.2) is 0 Å². The molecule has 0 saturated heterocycles. The van der Waals surface area contributed by atoms with Crippen molar-refractivity contribution in [2.45, 2.75) is 11.8 Å². The molecule has 2 rings (SSSR count). The molecule has 0 heterocycles. The highest BCUT2D eigenvalue weighted by Gasteiger charge is 2.24. The third-order valence-electron chi connectivity index (χ3n) is 2.70. The number of para-hydroxylation sites is 1. The molecule has 4 nitrogen and oxygen atoms in total. The van der Waals surface area contributed by atoms with Gasteiger partial charge in [0.05, 0.1) is 17.2 Å². The first-order valence-electron chi connectivity index (χ1n) is 5.88. The van der Waals surface area contributed by atoms with Gasteiger partial charge < -0.3 is 8.92 Å². The standard InChI is InChI=1S/C14H12Cl2O4S/c1-9-6-7-13(12(8-9)19-2)21(17,18)20-14-10(15)4-3-5-11(14)16/h3-8H,1-2H3. The van der Waals surface area contributed by atoms with Gasteiger partial charge in [-0.1, -0.05) is 35.3 Å². The molecular weight excluding hydrogens is 335 g/mol. The second-order valence-corrected chi connectivity index (χ2v) is 6.57. The van der Waals surface area contributed by atoms with E-state index in [4.69, 9.17) is 32.1 Å². The van der Waals surface area contributed by atoms with Crippen LogP contribution in [0, 0.1) is 6.92 Å². The van der Waals surface area contributed by atoms with Crippen LogP contribution < -0.4 is 8.92 Å². The molecular formula is C14H12Cl2O4S. The summed E-state index contributed by atoms with van der Waals surface area (Å²) in [5.74, 6) is 0.0848. The molecule has 2 aromatic rings. The molecule has 0 unspecified atom stereocenters. The lowest BCUT2D eigenvalue weighted by atomic mass is 10.2. The topological polar surface area (TPSA) is 52.6 Å². The fourth-order valence-electron chi connectivity index (χ4n) is 1.70. The van der Waals surface area contributed by atoms with Crippen molar-refractivity contribution < 1.29 is 17.3 Å². The highest BCUT2D eigenvalue weighted by atomic mass is 35.5. The Bertz CT molecular complexity index is 752. The number of methoxy groups -OCH3 is 1. The van der Waals surface area contributed by atoms with Crippen LogP contribution in [0.2, 0.25) is 10.0 Å². The summed E-state index contributed by atoms with van der Waals surface area (Å²) in [6, 6.07) is 9.23. The van der Waals surface area contributed by atoms with Crippen molar-refractivity contribution in [2.75, 3.05) is 7.11 Å². The molecule has 2 aromatic carbocycles. The zero-order valence-electron chi connectivity index (χ0n) is 11.3. The maximum atomic E-state index is 12.4. The predicted molar refractivity (Wildman–Crippen MR) is 82.0 cm³/mol. The van der Waals surface area contributed by atoms with Gasteiger partial charge in [-0.05, 0) is 36.8 Å². The summed E-state index contributed by atoms with van der Waals surface area (Å²) < 4.78 is 34.9. The molecule has 0 radical (unpaired) electrons. The van der Waals surface area contributed by atoms with Gasteiger partial charge in [-0.2, -0.15) is 8.42 Å². The molecule has 0 amide bonds. The van der Waals surface area contributed by atoms with Gasteiger partial charge in [0, 0.05) is 0 Å². The number of hydrogen-bond acceptors (Lipinski definition) is 4. The fraction of sp³-hybridized carbons (Fsp3) is 0.143. The Kier molecular flexibility index (Phi) is 4.66. The molecule has 0 spiro atoms. The average Bonchev–Trinajstić information content (AvgIpc) is 2.42. The summed E-state index contributed by atoms with van der Waals surface area (Å²) in [7, 11) is -2.73. The summed E-state index contributed by atoms with van der Waals surface area (Å²) in [5, 5.41) is 0.217. The first-order chi connectivity index (χ1) is 9.85. The lowest BCUT2D eigenvalue weighted by Crippen LogP contribution is -2.12. The molecule has 0 saturated carbocycles. The summed E-state index contributed by atoms with van der Waals surface area (Å²) in [4.78, 5) is -0.0911. The summed E-state index contributed by atoms with van der Waals surface area (Å²) >= 11 is 11.8. The van der Waals surface area contributed by atoms with Crippen LogP contribution in [0.5, 0.6) is 11.5 Å². The van der Waals surface area contributed by atoms with Crippen molar-refractivity contribution in [3.8, 4) is 11.5 Å². The van der Waals surface area contributed by atoms with Gasteiger partial charge in [-0.3, -0.25) is 0 Å². The number of hydrogen-bond donors (Lipinski definition) is 0. The molecule has 112 valence electrons. The minimum absolute atomic E-state index is 0.0911. The summed E-state index contributed by atoms with van der Waals surface area (Å²) in [6.45, 7) is 1.82. The van der Waals surface area contributed by atoms with Gasteiger partial charge >= 0.3 is 10.1 Å². The van der Waals surface area contributed by atoms with Crippen LogP contribution in [0.3, 0.4) is 0 Å². The van der Waals surface area contributed by atoms with E-state index in [0.29, 0.717) is 0 Å². The average molecular weight is 347 g/mol. The lowest BCUT2D eigenvalue weighted by molar-refractivity contribution is 0.398. The number of ether oxygens (including phenoxy) is 1. The zero-order valence-corrected chi connectivity index (χ0v) is 13.6. The second-order valence-electron chi connectivity index (χ2n) is 4.24. The molecule has 0 aliphatic carbocycles. The Morgan fingerprint density at radius 1 is 1.05 bits per heavy atom. The second kappa shape index (κ2) is 6.13. The zero-order chi connectivity index (χ0) is 15.6. The fourth-order valence-corrected chi connectivity index (χ4v) is 3.38. The van der Waals surface area contributed by atoms with Crippen LogP contribution in [0.1, 0.15) is 5.56 Å². The van der Waals surface area contributed by atoms with E-state index in [1.807, 2.05) is 6.92 Å². The van der Waals surface area contributed by atoms with E-state index in [2.05, 4.69) is 0 Å². The third-order valence-corrected chi connectivity index (χ3v) is 4.56. The van der Waals surface area contributed by atoms with E-state index in [-0.39, 0.29) is 26.4 Å². The maximum Gasteiger partial charge on any atom is 0.343 e. The van der Waals surface area contributed by atoms with E-state index >= 15 is 0 Å². The molecule has 0 aromatic heterocycles. The Morgan fingerprint density at radius 3 is 2.24 bits per heavy atom. The van der Waals surface area contributed by atoms with E-state index in [0.717, 1.165) is 5.56 Å². The van der Waals surface area contributed by atoms with Gasteiger partial charge in [-0.15, -0.1) is 0 Å². The van der Waals surface area contributed by atoms with Crippen molar-refractivity contribution in [1.29, 1.82) is 0 Å².